The summed E-state index contributed by atoms with van der Waals surface area (Å²) < 4.78 is 1.95. The average molecular weight is 273 g/mol. The number of rotatable bonds is 8. The molecule has 0 aliphatic rings. The molecule has 0 spiro atoms. The zero-order chi connectivity index (χ0) is 14.2. The maximum atomic E-state index is 9.24. The van der Waals surface area contributed by atoms with Crippen LogP contribution in [-0.4, -0.2) is 27.5 Å². The van der Waals surface area contributed by atoms with E-state index in [-0.39, 0.29) is 12.6 Å². The zero-order valence-electron chi connectivity index (χ0n) is 11.9. The third-order valence-corrected chi connectivity index (χ3v) is 3.46. The number of aryl methyl sites for hydroxylation is 1. The molecular weight excluding hydrogens is 250 g/mol. The molecule has 2 atom stereocenters. The Morgan fingerprint density at radius 3 is 2.65 bits per heavy atom. The van der Waals surface area contributed by atoms with E-state index in [2.05, 4.69) is 29.5 Å². The fourth-order valence-electron chi connectivity index (χ4n) is 2.35. The van der Waals surface area contributed by atoms with Crippen LogP contribution in [0.4, 0.5) is 0 Å². The van der Waals surface area contributed by atoms with Gasteiger partial charge in [-0.3, -0.25) is 4.68 Å². The van der Waals surface area contributed by atoms with Gasteiger partial charge in [-0.15, -0.1) is 0 Å². The first-order chi connectivity index (χ1) is 9.79. The van der Waals surface area contributed by atoms with Gasteiger partial charge in [0.1, 0.15) is 0 Å². The van der Waals surface area contributed by atoms with Crippen molar-refractivity contribution in [1.82, 2.24) is 15.1 Å². The van der Waals surface area contributed by atoms with Gasteiger partial charge in [0.15, 0.2) is 0 Å². The van der Waals surface area contributed by atoms with E-state index in [1.807, 2.05) is 35.1 Å². The van der Waals surface area contributed by atoms with Crippen LogP contribution in [0.5, 0.6) is 0 Å². The molecular formula is C16H23N3O. The SMILES string of the molecule is CC(CCn1cccn1)N[C@H](CCO)c1ccccc1. The molecule has 108 valence electrons. The number of aromatic nitrogens is 2. The molecule has 0 fully saturated rings. The molecule has 20 heavy (non-hydrogen) atoms. The van der Waals surface area contributed by atoms with E-state index in [0.29, 0.717) is 6.04 Å². The smallest absolute Gasteiger partial charge is 0.0489 e. The van der Waals surface area contributed by atoms with E-state index < -0.39 is 0 Å². The van der Waals surface area contributed by atoms with E-state index in [4.69, 9.17) is 0 Å². The van der Waals surface area contributed by atoms with E-state index in [0.717, 1.165) is 19.4 Å². The number of aliphatic hydroxyl groups excluding tert-OH is 1. The number of aliphatic hydroxyl groups is 1. The molecule has 4 nitrogen and oxygen atoms in total. The highest BCUT2D eigenvalue weighted by Crippen LogP contribution is 2.17. The Bertz CT molecular complexity index is 470. The normalized spacial score (nSPS) is 14.1. The van der Waals surface area contributed by atoms with Gasteiger partial charge in [-0.05, 0) is 31.4 Å². The highest BCUT2D eigenvalue weighted by atomic mass is 16.3. The summed E-state index contributed by atoms with van der Waals surface area (Å²) in [7, 11) is 0. The topological polar surface area (TPSA) is 50.1 Å². The standard InChI is InChI=1S/C16H23N3O/c1-14(8-12-19-11-5-10-17-19)18-16(9-13-20)15-6-3-2-4-7-15/h2-7,10-11,14,16,18,20H,8-9,12-13H2,1H3/t14?,16-/m1/s1. The highest BCUT2D eigenvalue weighted by molar-refractivity contribution is 5.18. The van der Waals surface area contributed by atoms with Crippen molar-refractivity contribution in [3.8, 4) is 0 Å². The molecule has 1 aromatic heterocycles. The number of nitrogens with zero attached hydrogens (tertiary/aromatic N) is 2. The lowest BCUT2D eigenvalue weighted by molar-refractivity contribution is 0.257. The average Bonchev–Trinajstić information content (AvgIpc) is 2.99. The van der Waals surface area contributed by atoms with Crippen molar-refractivity contribution < 1.29 is 5.11 Å². The van der Waals surface area contributed by atoms with Gasteiger partial charge in [0.05, 0.1) is 0 Å². The van der Waals surface area contributed by atoms with Crippen LogP contribution in [0.2, 0.25) is 0 Å². The molecule has 0 saturated heterocycles. The lowest BCUT2D eigenvalue weighted by Gasteiger charge is -2.23. The Balaban J connectivity index is 1.87. The van der Waals surface area contributed by atoms with Crippen molar-refractivity contribution in [2.24, 2.45) is 0 Å². The summed E-state index contributed by atoms with van der Waals surface area (Å²) in [4.78, 5) is 0. The third-order valence-electron chi connectivity index (χ3n) is 3.46. The summed E-state index contributed by atoms with van der Waals surface area (Å²) in [5, 5.41) is 17.0. The van der Waals surface area contributed by atoms with Gasteiger partial charge < -0.3 is 10.4 Å². The van der Waals surface area contributed by atoms with Crippen LogP contribution >= 0.6 is 0 Å². The fourth-order valence-corrected chi connectivity index (χ4v) is 2.35. The number of nitrogens with one attached hydrogen (secondary N) is 1. The van der Waals surface area contributed by atoms with Crippen molar-refractivity contribution >= 4 is 0 Å². The van der Waals surface area contributed by atoms with Crippen molar-refractivity contribution in [1.29, 1.82) is 0 Å². The summed E-state index contributed by atoms with van der Waals surface area (Å²) in [6.07, 6.45) is 5.53. The summed E-state index contributed by atoms with van der Waals surface area (Å²) in [6, 6.07) is 12.8. The van der Waals surface area contributed by atoms with Crippen LogP contribution in [0.1, 0.15) is 31.4 Å². The largest absolute Gasteiger partial charge is 0.396 e. The lowest BCUT2D eigenvalue weighted by atomic mass is 10.0. The van der Waals surface area contributed by atoms with Crippen molar-refractivity contribution in [3.63, 3.8) is 0 Å². The summed E-state index contributed by atoms with van der Waals surface area (Å²) in [5.74, 6) is 0. The van der Waals surface area contributed by atoms with E-state index in [1.165, 1.54) is 5.56 Å². The molecule has 1 unspecified atom stereocenters. The van der Waals surface area contributed by atoms with Gasteiger partial charge in [-0.25, -0.2) is 0 Å². The first kappa shape index (κ1) is 14.8. The Kier molecular flexibility index (Phi) is 5.77. The number of benzene rings is 1. The summed E-state index contributed by atoms with van der Waals surface area (Å²) >= 11 is 0. The van der Waals surface area contributed by atoms with Crippen LogP contribution in [0, 0.1) is 0 Å². The van der Waals surface area contributed by atoms with Crippen LogP contribution < -0.4 is 5.32 Å². The van der Waals surface area contributed by atoms with E-state index in [9.17, 15) is 5.11 Å². The van der Waals surface area contributed by atoms with Crippen molar-refractivity contribution in [2.75, 3.05) is 6.61 Å². The van der Waals surface area contributed by atoms with Gasteiger partial charge in [0, 0.05) is 37.6 Å². The molecule has 0 radical (unpaired) electrons. The summed E-state index contributed by atoms with van der Waals surface area (Å²) in [5.41, 5.74) is 1.23. The minimum Gasteiger partial charge on any atom is -0.396 e. The van der Waals surface area contributed by atoms with Gasteiger partial charge in [0.2, 0.25) is 0 Å². The Morgan fingerprint density at radius 1 is 1.20 bits per heavy atom. The molecule has 2 N–H and O–H groups in total. The quantitative estimate of drug-likeness (QED) is 0.776. The molecule has 2 aromatic rings. The predicted molar refractivity (Wildman–Crippen MR) is 80.3 cm³/mol. The molecule has 1 heterocycles. The molecule has 0 saturated carbocycles. The fraction of sp³-hybridized carbons (Fsp3) is 0.438. The Labute approximate surface area is 120 Å². The number of hydrogen-bond acceptors (Lipinski definition) is 3. The number of hydrogen-bond donors (Lipinski definition) is 2. The molecule has 4 heteroatoms. The minimum absolute atomic E-state index is 0.193. The minimum atomic E-state index is 0.193. The maximum Gasteiger partial charge on any atom is 0.0489 e. The summed E-state index contributed by atoms with van der Waals surface area (Å²) in [6.45, 7) is 3.27. The first-order valence-electron chi connectivity index (χ1n) is 7.19. The lowest BCUT2D eigenvalue weighted by Crippen LogP contribution is -2.32. The van der Waals surface area contributed by atoms with E-state index in [1.54, 1.807) is 6.20 Å². The molecule has 1 aromatic carbocycles. The van der Waals surface area contributed by atoms with E-state index >= 15 is 0 Å². The second-order valence-electron chi connectivity index (χ2n) is 5.10. The Hall–Kier alpha value is -1.65. The van der Waals surface area contributed by atoms with Gasteiger partial charge in [0.25, 0.3) is 0 Å². The van der Waals surface area contributed by atoms with Gasteiger partial charge in [-0.2, -0.15) is 5.10 Å². The highest BCUT2D eigenvalue weighted by Gasteiger charge is 2.13. The van der Waals surface area contributed by atoms with Crippen LogP contribution in [0.3, 0.4) is 0 Å². The second-order valence-corrected chi connectivity index (χ2v) is 5.10. The van der Waals surface area contributed by atoms with Crippen molar-refractivity contribution in [3.05, 3.63) is 54.4 Å². The molecule has 0 aliphatic carbocycles. The maximum absolute atomic E-state index is 9.24. The molecule has 0 aliphatic heterocycles. The van der Waals surface area contributed by atoms with Crippen LogP contribution in [-0.2, 0) is 6.54 Å². The molecule has 2 rings (SSSR count). The first-order valence-corrected chi connectivity index (χ1v) is 7.19. The molecule has 0 amide bonds. The van der Waals surface area contributed by atoms with Gasteiger partial charge in [-0.1, -0.05) is 30.3 Å². The molecule has 0 bridgehead atoms. The Morgan fingerprint density at radius 2 is 2.00 bits per heavy atom. The second kappa shape index (κ2) is 7.82. The van der Waals surface area contributed by atoms with Gasteiger partial charge >= 0.3 is 0 Å². The zero-order valence-corrected chi connectivity index (χ0v) is 11.9. The predicted octanol–water partition coefficient (Wildman–Crippen LogP) is 2.38. The van der Waals surface area contributed by atoms with Crippen molar-refractivity contribution in [2.45, 2.75) is 38.4 Å². The monoisotopic (exact) mass is 273 g/mol. The van der Waals surface area contributed by atoms with Crippen LogP contribution in [0.15, 0.2) is 48.8 Å². The van der Waals surface area contributed by atoms with Crippen LogP contribution in [0.25, 0.3) is 0 Å². The third kappa shape index (κ3) is 4.47.